The highest BCUT2D eigenvalue weighted by Crippen LogP contribution is 2.36. The second kappa shape index (κ2) is 3.17. The first-order valence-electron chi connectivity index (χ1n) is 5.18. The van der Waals surface area contributed by atoms with Gasteiger partial charge in [-0.1, -0.05) is 6.92 Å². The summed E-state index contributed by atoms with van der Waals surface area (Å²) in [5.41, 5.74) is 2.88. The van der Waals surface area contributed by atoms with Crippen molar-refractivity contribution in [2.24, 2.45) is 5.92 Å². The van der Waals surface area contributed by atoms with Crippen molar-refractivity contribution in [1.29, 1.82) is 0 Å². The lowest BCUT2D eigenvalue weighted by molar-refractivity contribution is -0.130. The molecule has 0 N–H and O–H groups in total. The van der Waals surface area contributed by atoms with Crippen LogP contribution in [0.5, 0.6) is 0 Å². The van der Waals surface area contributed by atoms with Crippen molar-refractivity contribution in [3.8, 4) is 0 Å². The van der Waals surface area contributed by atoms with E-state index in [1.54, 1.807) is 5.57 Å². The minimum Gasteiger partial charge on any atom is -0.319 e. The molecule has 0 saturated heterocycles. The summed E-state index contributed by atoms with van der Waals surface area (Å²) in [5.74, 6) is 0.798. The summed E-state index contributed by atoms with van der Waals surface area (Å²) in [5, 5.41) is 0. The van der Waals surface area contributed by atoms with Crippen molar-refractivity contribution in [3.05, 3.63) is 11.3 Å². The van der Waals surface area contributed by atoms with Gasteiger partial charge in [-0.05, 0) is 37.2 Å². The molecule has 1 amide bonds. The molecule has 0 saturated carbocycles. The zero-order chi connectivity index (χ0) is 9.42. The Bertz CT molecular complexity index is 267. The van der Waals surface area contributed by atoms with Gasteiger partial charge in [-0.3, -0.25) is 4.79 Å². The fourth-order valence-electron chi connectivity index (χ4n) is 2.50. The predicted octanol–water partition coefficient (Wildman–Crippen LogP) is 2.31. The maximum atomic E-state index is 11.6. The Balaban J connectivity index is 2.34. The minimum atomic E-state index is 0.299. The molecular weight excluding hydrogens is 162 g/mol. The summed E-state index contributed by atoms with van der Waals surface area (Å²) < 4.78 is 0. The average Bonchev–Trinajstić information content (AvgIpc) is 2.15. The van der Waals surface area contributed by atoms with Crippen LogP contribution in [-0.2, 0) is 4.79 Å². The van der Waals surface area contributed by atoms with Crippen LogP contribution < -0.4 is 0 Å². The van der Waals surface area contributed by atoms with Gasteiger partial charge in [0, 0.05) is 19.2 Å². The van der Waals surface area contributed by atoms with Crippen molar-refractivity contribution in [1.82, 2.24) is 4.90 Å². The highest BCUT2D eigenvalue weighted by molar-refractivity contribution is 5.80. The van der Waals surface area contributed by atoms with Gasteiger partial charge in [-0.15, -0.1) is 0 Å². The first kappa shape index (κ1) is 8.79. The molecule has 0 fully saturated rings. The second-order valence-electron chi connectivity index (χ2n) is 4.24. The SMILES string of the molecule is CC1CC(=O)N(C)C2=C1CCCC2. The molecule has 72 valence electrons. The zero-order valence-corrected chi connectivity index (χ0v) is 8.47. The van der Waals surface area contributed by atoms with Crippen molar-refractivity contribution >= 4 is 5.91 Å². The molecule has 1 atom stereocenters. The molecule has 1 aliphatic heterocycles. The molecule has 2 rings (SSSR count). The predicted molar refractivity (Wildman–Crippen MR) is 52.0 cm³/mol. The molecule has 2 nitrogen and oxygen atoms in total. The third kappa shape index (κ3) is 1.38. The van der Waals surface area contributed by atoms with E-state index in [0.29, 0.717) is 11.8 Å². The Kier molecular flexibility index (Phi) is 2.14. The smallest absolute Gasteiger partial charge is 0.227 e. The molecule has 1 aliphatic carbocycles. The quantitative estimate of drug-likeness (QED) is 0.559. The topological polar surface area (TPSA) is 20.3 Å². The molecule has 0 aromatic carbocycles. The normalized spacial score (nSPS) is 29.2. The fourth-order valence-corrected chi connectivity index (χ4v) is 2.50. The molecule has 2 aliphatic rings. The lowest BCUT2D eigenvalue weighted by Gasteiger charge is -2.35. The van der Waals surface area contributed by atoms with E-state index >= 15 is 0 Å². The van der Waals surface area contributed by atoms with Crippen LogP contribution in [0, 0.1) is 5.92 Å². The molecule has 0 aromatic rings. The second-order valence-corrected chi connectivity index (χ2v) is 4.24. The zero-order valence-electron chi connectivity index (χ0n) is 8.47. The van der Waals surface area contributed by atoms with Gasteiger partial charge in [0.2, 0.25) is 5.91 Å². The van der Waals surface area contributed by atoms with E-state index in [4.69, 9.17) is 0 Å². The van der Waals surface area contributed by atoms with E-state index in [2.05, 4.69) is 6.92 Å². The molecular formula is C11H17NO. The van der Waals surface area contributed by atoms with Gasteiger partial charge in [0.1, 0.15) is 0 Å². The largest absolute Gasteiger partial charge is 0.319 e. The van der Waals surface area contributed by atoms with Crippen LogP contribution in [0.15, 0.2) is 11.3 Å². The van der Waals surface area contributed by atoms with Gasteiger partial charge in [0.15, 0.2) is 0 Å². The Morgan fingerprint density at radius 2 is 2.00 bits per heavy atom. The van der Waals surface area contributed by atoms with E-state index in [1.807, 2.05) is 11.9 Å². The summed E-state index contributed by atoms with van der Waals surface area (Å²) in [6.45, 7) is 2.19. The molecule has 1 unspecified atom stereocenters. The summed E-state index contributed by atoms with van der Waals surface area (Å²) in [4.78, 5) is 13.4. The van der Waals surface area contributed by atoms with Gasteiger partial charge < -0.3 is 4.90 Å². The number of nitrogens with zero attached hydrogens (tertiary/aromatic N) is 1. The number of amides is 1. The Labute approximate surface area is 79.6 Å². The first-order valence-corrected chi connectivity index (χ1v) is 5.18. The fraction of sp³-hybridized carbons (Fsp3) is 0.727. The van der Waals surface area contributed by atoms with Crippen LogP contribution in [0.2, 0.25) is 0 Å². The number of hydrogen-bond donors (Lipinski definition) is 0. The third-order valence-corrected chi connectivity index (χ3v) is 3.34. The number of hydrogen-bond acceptors (Lipinski definition) is 1. The van der Waals surface area contributed by atoms with E-state index in [1.165, 1.54) is 25.0 Å². The average molecular weight is 179 g/mol. The summed E-state index contributed by atoms with van der Waals surface area (Å²) in [6.07, 6.45) is 5.61. The number of carbonyl (C=O) groups excluding carboxylic acids is 1. The number of carbonyl (C=O) groups is 1. The Morgan fingerprint density at radius 3 is 2.77 bits per heavy atom. The van der Waals surface area contributed by atoms with Crippen LogP contribution >= 0.6 is 0 Å². The van der Waals surface area contributed by atoms with E-state index < -0.39 is 0 Å². The summed E-state index contributed by atoms with van der Waals surface area (Å²) >= 11 is 0. The van der Waals surface area contributed by atoms with Crippen LogP contribution in [0.1, 0.15) is 39.0 Å². The third-order valence-electron chi connectivity index (χ3n) is 3.34. The van der Waals surface area contributed by atoms with Gasteiger partial charge in [-0.2, -0.15) is 0 Å². The molecule has 0 aromatic heterocycles. The molecule has 13 heavy (non-hydrogen) atoms. The highest BCUT2D eigenvalue weighted by atomic mass is 16.2. The monoisotopic (exact) mass is 179 g/mol. The lowest BCUT2D eigenvalue weighted by Crippen LogP contribution is -2.35. The standard InChI is InChI=1S/C11H17NO/c1-8-7-11(13)12(2)10-6-4-3-5-9(8)10/h8H,3-7H2,1-2H3. The first-order chi connectivity index (χ1) is 6.20. The van der Waals surface area contributed by atoms with E-state index in [0.717, 1.165) is 12.8 Å². The number of allylic oxidation sites excluding steroid dienone is 2. The maximum Gasteiger partial charge on any atom is 0.227 e. The van der Waals surface area contributed by atoms with Crippen molar-refractivity contribution < 1.29 is 4.79 Å². The molecule has 1 heterocycles. The van der Waals surface area contributed by atoms with Crippen LogP contribution in [0.4, 0.5) is 0 Å². The van der Waals surface area contributed by atoms with Gasteiger partial charge in [0.05, 0.1) is 0 Å². The van der Waals surface area contributed by atoms with Gasteiger partial charge >= 0.3 is 0 Å². The number of rotatable bonds is 0. The minimum absolute atomic E-state index is 0.299. The molecule has 0 spiro atoms. The van der Waals surface area contributed by atoms with Crippen molar-refractivity contribution in [2.75, 3.05) is 7.05 Å². The Morgan fingerprint density at radius 1 is 1.31 bits per heavy atom. The van der Waals surface area contributed by atoms with Gasteiger partial charge in [0.25, 0.3) is 0 Å². The molecule has 2 heteroatoms. The van der Waals surface area contributed by atoms with Crippen molar-refractivity contribution in [3.63, 3.8) is 0 Å². The van der Waals surface area contributed by atoms with E-state index in [-0.39, 0.29) is 0 Å². The van der Waals surface area contributed by atoms with Crippen molar-refractivity contribution in [2.45, 2.75) is 39.0 Å². The molecule has 0 bridgehead atoms. The summed E-state index contributed by atoms with van der Waals surface area (Å²) in [6, 6.07) is 0. The lowest BCUT2D eigenvalue weighted by atomic mass is 9.83. The van der Waals surface area contributed by atoms with Crippen LogP contribution in [0.25, 0.3) is 0 Å². The van der Waals surface area contributed by atoms with E-state index in [9.17, 15) is 4.79 Å². The van der Waals surface area contributed by atoms with Gasteiger partial charge in [-0.25, -0.2) is 0 Å². The molecule has 0 radical (unpaired) electrons. The highest BCUT2D eigenvalue weighted by Gasteiger charge is 2.29. The van der Waals surface area contributed by atoms with Crippen LogP contribution in [0.3, 0.4) is 0 Å². The van der Waals surface area contributed by atoms with Crippen LogP contribution in [-0.4, -0.2) is 17.9 Å². The summed E-state index contributed by atoms with van der Waals surface area (Å²) in [7, 11) is 1.93. The maximum absolute atomic E-state index is 11.6. The Hall–Kier alpha value is -0.790.